The second kappa shape index (κ2) is 12.9. The van der Waals surface area contributed by atoms with E-state index in [1.807, 2.05) is 101 Å². The van der Waals surface area contributed by atoms with Crippen molar-refractivity contribution in [3.05, 3.63) is 126 Å². The standard InChI is InChI=1S/C38H35N3O5/c1-40-33-25-44-22-8-7-21-41-36-29(17-10-18-31(36)35(33)32(39-40)24-46-27-14-3-2-4-15-27)30(37(41)38(42)43)19-11-23-45-34-20-9-13-26-12-5-6-16-28(26)34/h2-10,12-18,20H,11,19,21-25H2,1H3,(H,42,43). The summed E-state index contributed by atoms with van der Waals surface area (Å²) in [4.78, 5) is 13.0. The largest absolute Gasteiger partial charge is 0.493 e. The summed E-state index contributed by atoms with van der Waals surface area (Å²) in [7, 11) is 1.91. The number of carboxylic acid groups (broad SMARTS) is 1. The minimum Gasteiger partial charge on any atom is -0.493 e. The Morgan fingerprint density at radius 3 is 2.57 bits per heavy atom. The average molecular weight is 614 g/mol. The predicted molar refractivity (Wildman–Crippen MR) is 178 cm³/mol. The number of hydrogen-bond acceptors (Lipinski definition) is 5. The first-order valence-electron chi connectivity index (χ1n) is 15.5. The van der Waals surface area contributed by atoms with E-state index in [-0.39, 0.29) is 6.61 Å². The number of ether oxygens (including phenoxy) is 3. The van der Waals surface area contributed by atoms with Gasteiger partial charge in [0.15, 0.2) is 0 Å². The molecule has 0 unspecified atom stereocenters. The molecule has 1 aliphatic heterocycles. The van der Waals surface area contributed by atoms with Crippen LogP contribution < -0.4 is 9.47 Å². The molecule has 6 aromatic rings. The van der Waals surface area contributed by atoms with E-state index >= 15 is 0 Å². The Morgan fingerprint density at radius 1 is 0.913 bits per heavy atom. The van der Waals surface area contributed by atoms with Crippen LogP contribution in [0.2, 0.25) is 0 Å². The number of nitrogens with zero attached hydrogens (tertiary/aromatic N) is 3. The lowest BCUT2D eigenvalue weighted by molar-refractivity contribution is 0.0685. The highest BCUT2D eigenvalue weighted by Crippen LogP contribution is 2.39. The summed E-state index contributed by atoms with van der Waals surface area (Å²) in [6.07, 6.45) is 5.13. The number of rotatable bonds is 9. The number of allylic oxidation sites excluding steroid dienone is 1. The van der Waals surface area contributed by atoms with Crippen LogP contribution in [-0.4, -0.2) is 38.6 Å². The molecule has 2 aromatic heterocycles. The van der Waals surface area contributed by atoms with Crippen molar-refractivity contribution in [2.45, 2.75) is 32.6 Å². The highest BCUT2D eigenvalue weighted by Gasteiger charge is 2.27. The number of benzene rings is 4. The van der Waals surface area contributed by atoms with Gasteiger partial charge in [-0.1, -0.05) is 84.9 Å². The molecule has 0 amide bonds. The van der Waals surface area contributed by atoms with Gasteiger partial charge in [0.25, 0.3) is 0 Å². The van der Waals surface area contributed by atoms with Gasteiger partial charge in [-0.25, -0.2) is 4.79 Å². The molecule has 8 heteroatoms. The van der Waals surface area contributed by atoms with E-state index in [1.165, 1.54) is 0 Å². The van der Waals surface area contributed by atoms with Crippen molar-refractivity contribution in [3.8, 4) is 22.6 Å². The fraction of sp³-hybridized carbons (Fsp3) is 0.211. The zero-order valence-corrected chi connectivity index (χ0v) is 25.7. The Kier molecular flexibility index (Phi) is 8.27. The van der Waals surface area contributed by atoms with Crippen molar-refractivity contribution in [2.75, 3.05) is 13.2 Å². The molecule has 8 nitrogen and oxygen atoms in total. The Bertz CT molecular complexity index is 2050. The number of aryl methyl sites for hydroxylation is 2. The predicted octanol–water partition coefficient (Wildman–Crippen LogP) is 7.57. The van der Waals surface area contributed by atoms with Crippen LogP contribution >= 0.6 is 0 Å². The van der Waals surface area contributed by atoms with Crippen LogP contribution in [0.25, 0.3) is 32.8 Å². The Labute approximate surface area is 267 Å². The van der Waals surface area contributed by atoms with Crippen molar-refractivity contribution in [3.63, 3.8) is 0 Å². The van der Waals surface area contributed by atoms with Crippen molar-refractivity contribution >= 4 is 27.6 Å². The first-order chi connectivity index (χ1) is 22.6. The highest BCUT2D eigenvalue weighted by molar-refractivity contribution is 6.04. The molecule has 0 bridgehead atoms. The lowest BCUT2D eigenvalue weighted by Gasteiger charge is -2.12. The van der Waals surface area contributed by atoms with Crippen LogP contribution in [0, 0.1) is 0 Å². The molecule has 7 rings (SSSR count). The maximum Gasteiger partial charge on any atom is 0.352 e. The number of hydrogen-bond donors (Lipinski definition) is 1. The average Bonchev–Trinajstić information content (AvgIpc) is 3.56. The molecule has 0 saturated carbocycles. The van der Waals surface area contributed by atoms with Crippen molar-refractivity contribution < 1.29 is 24.1 Å². The molecule has 0 radical (unpaired) electrons. The van der Waals surface area contributed by atoms with Crippen molar-refractivity contribution in [2.24, 2.45) is 7.05 Å². The zero-order chi connectivity index (χ0) is 31.5. The smallest absolute Gasteiger partial charge is 0.352 e. The molecule has 3 heterocycles. The maximum atomic E-state index is 13.0. The van der Waals surface area contributed by atoms with Crippen LogP contribution in [0.4, 0.5) is 0 Å². The third kappa shape index (κ3) is 5.63. The minimum absolute atomic E-state index is 0.257. The monoisotopic (exact) mass is 613 g/mol. The number of aromatic nitrogens is 3. The molecule has 4 aromatic carbocycles. The van der Waals surface area contributed by atoms with Gasteiger partial charge in [0.05, 0.1) is 31.0 Å². The van der Waals surface area contributed by atoms with E-state index in [0.29, 0.717) is 44.9 Å². The van der Waals surface area contributed by atoms with Gasteiger partial charge < -0.3 is 23.9 Å². The number of aromatic carboxylic acids is 1. The summed E-state index contributed by atoms with van der Waals surface area (Å²) in [6.45, 7) is 1.88. The van der Waals surface area contributed by atoms with Gasteiger partial charge in [-0.3, -0.25) is 4.68 Å². The molecule has 0 atom stereocenters. The van der Waals surface area contributed by atoms with E-state index in [9.17, 15) is 9.90 Å². The molecule has 1 aliphatic rings. The molecule has 0 fully saturated rings. The Balaban J connectivity index is 1.28. The molecule has 232 valence electrons. The third-order valence-electron chi connectivity index (χ3n) is 8.50. The van der Waals surface area contributed by atoms with Gasteiger partial charge >= 0.3 is 5.97 Å². The van der Waals surface area contributed by atoms with E-state index in [4.69, 9.17) is 19.3 Å². The van der Waals surface area contributed by atoms with Gasteiger partial charge in [-0.2, -0.15) is 5.10 Å². The van der Waals surface area contributed by atoms with Crippen LogP contribution in [0.3, 0.4) is 0 Å². The topological polar surface area (TPSA) is 87.7 Å². The van der Waals surface area contributed by atoms with Gasteiger partial charge in [0.1, 0.15) is 29.5 Å². The SMILES string of the molecule is Cn1nc(COc2ccccc2)c2c1COCC=CCn1c(C(=O)O)c(CCCOc3cccc4ccccc34)c3cccc-2c31. The van der Waals surface area contributed by atoms with Crippen molar-refractivity contribution in [1.29, 1.82) is 0 Å². The van der Waals surface area contributed by atoms with E-state index in [1.54, 1.807) is 0 Å². The molecule has 0 aliphatic carbocycles. The summed E-state index contributed by atoms with van der Waals surface area (Å²) < 4.78 is 22.2. The van der Waals surface area contributed by atoms with Crippen LogP contribution in [0.1, 0.15) is 33.9 Å². The van der Waals surface area contributed by atoms with Gasteiger partial charge in [-0.05, 0) is 42.0 Å². The van der Waals surface area contributed by atoms with E-state index < -0.39 is 5.97 Å². The van der Waals surface area contributed by atoms with Gasteiger partial charge in [0.2, 0.25) is 0 Å². The summed E-state index contributed by atoms with van der Waals surface area (Å²) >= 11 is 0. The van der Waals surface area contributed by atoms with Crippen molar-refractivity contribution in [1.82, 2.24) is 14.3 Å². The first-order valence-corrected chi connectivity index (χ1v) is 15.5. The molecule has 0 saturated heterocycles. The van der Waals surface area contributed by atoms with E-state index in [0.717, 1.165) is 61.3 Å². The summed E-state index contributed by atoms with van der Waals surface area (Å²) in [6, 6.07) is 29.9. The fourth-order valence-electron chi connectivity index (χ4n) is 6.45. The number of para-hydroxylation sites is 2. The zero-order valence-electron chi connectivity index (χ0n) is 25.7. The lowest BCUT2D eigenvalue weighted by Crippen LogP contribution is -2.11. The molecule has 0 spiro atoms. The van der Waals surface area contributed by atoms with Gasteiger partial charge in [-0.15, -0.1) is 0 Å². The fourth-order valence-corrected chi connectivity index (χ4v) is 6.45. The van der Waals surface area contributed by atoms with Crippen LogP contribution in [-0.2, 0) is 38.0 Å². The van der Waals surface area contributed by atoms with Crippen LogP contribution in [0.15, 0.2) is 103 Å². The Morgan fingerprint density at radius 2 is 1.70 bits per heavy atom. The normalized spacial score (nSPS) is 13.0. The molecular weight excluding hydrogens is 578 g/mol. The second-order valence-corrected chi connectivity index (χ2v) is 11.4. The molecule has 1 N–H and O–H groups in total. The van der Waals surface area contributed by atoms with E-state index in [2.05, 4.69) is 18.2 Å². The quantitative estimate of drug-likeness (QED) is 0.134. The first kappa shape index (κ1) is 29.4. The number of fused-ring (bicyclic) bond motifs is 3. The number of carbonyl (C=O) groups is 1. The highest BCUT2D eigenvalue weighted by atomic mass is 16.5. The molecule has 46 heavy (non-hydrogen) atoms. The maximum absolute atomic E-state index is 13.0. The second-order valence-electron chi connectivity index (χ2n) is 11.4. The summed E-state index contributed by atoms with van der Waals surface area (Å²) in [5.74, 6) is 0.630. The third-order valence-corrected chi connectivity index (χ3v) is 8.50. The summed E-state index contributed by atoms with van der Waals surface area (Å²) in [5, 5.41) is 18.6. The lowest BCUT2D eigenvalue weighted by atomic mass is 9.98. The number of carboxylic acids is 1. The van der Waals surface area contributed by atoms with Gasteiger partial charge in [0, 0.05) is 35.5 Å². The Hall–Kier alpha value is -5.34. The summed E-state index contributed by atoms with van der Waals surface area (Å²) in [5.41, 5.74) is 5.46. The minimum atomic E-state index is -0.953. The van der Waals surface area contributed by atoms with Crippen LogP contribution in [0.5, 0.6) is 11.5 Å². The molecular formula is C38H35N3O5.